The summed E-state index contributed by atoms with van der Waals surface area (Å²) >= 11 is 0. The van der Waals surface area contributed by atoms with E-state index in [-0.39, 0.29) is 6.10 Å². The number of aliphatic hydroxyl groups is 1. The van der Waals surface area contributed by atoms with Crippen LogP contribution in [0.1, 0.15) is 31.4 Å². The molecule has 0 bridgehead atoms. The standard InChI is InChI=1S/C20H33NO3/c1-15-9-16(2)12-21(11-15)13-19(22)14-23-7-8-24-20-6-5-17(3)18(4)10-20/h5-6,10,15-16,19,22H,7-9,11-14H2,1-4H3/p+1/t15-,16-,19-/m0/s1. The first kappa shape index (κ1) is 19.2. The van der Waals surface area contributed by atoms with Crippen LogP contribution in [-0.4, -0.2) is 50.7 Å². The number of piperidine rings is 1. The molecule has 0 unspecified atom stereocenters. The van der Waals surface area contributed by atoms with E-state index in [2.05, 4.69) is 33.8 Å². The average Bonchev–Trinajstić information content (AvgIpc) is 2.49. The fourth-order valence-corrected chi connectivity index (χ4v) is 3.72. The molecule has 3 atom stereocenters. The van der Waals surface area contributed by atoms with E-state index in [9.17, 15) is 5.11 Å². The number of aryl methyl sites for hydroxylation is 2. The minimum absolute atomic E-state index is 0.390. The Bertz CT molecular complexity index is 496. The van der Waals surface area contributed by atoms with Crippen molar-refractivity contribution in [2.75, 3.05) is 39.5 Å². The summed E-state index contributed by atoms with van der Waals surface area (Å²) in [5, 5.41) is 10.2. The van der Waals surface area contributed by atoms with Gasteiger partial charge in [0.15, 0.2) is 0 Å². The van der Waals surface area contributed by atoms with Crippen LogP contribution in [0, 0.1) is 25.7 Å². The molecule has 1 aromatic carbocycles. The summed E-state index contributed by atoms with van der Waals surface area (Å²) in [4.78, 5) is 1.50. The van der Waals surface area contributed by atoms with Crippen LogP contribution in [0.15, 0.2) is 18.2 Å². The third-order valence-corrected chi connectivity index (χ3v) is 4.89. The van der Waals surface area contributed by atoms with Crippen LogP contribution in [0.4, 0.5) is 0 Å². The summed E-state index contributed by atoms with van der Waals surface area (Å²) in [5.41, 5.74) is 2.50. The molecule has 4 heteroatoms. The molecular formula is C20H34NO3+. The molecule has 24 heavy (non-hydrogen) atoms. The lowest BCUT2D eigenvalue weighted by atomic mass is 9.92. The summed E-state index contributed by atoms with van der Waals surface area (Å²) in [5.74, 6) is 2.38. The van der Waals surface area contributed by atoms with Gasteiger partial charge in [-0.15, -0.1) is 0 Å². The first-order valence-corrected chi connectivity index (χ1v) is 9.23. The van der Waals surface area contributed by atoms with Crippen molar-refractivity contribution in [1.29, 1.82) is 0 Å². The van der Waals surface area contributed by atoms with Gasteiger partial charge in [-0.05, 0) is 43.5 Å². The van der Waals surface area contributed by atoms with Crippen molar-refractivity contribution < 1.29 is 19.5 Å². The van der Waals surface area contributed by atoms with Gasteiger partial charge in [0.25, 0.3) is 0 Å². The summed E-state index contributed by atoms with van der Waals surface area (Å²) in [7, 11) is 0. The summed E-state index contributed by atoms with van der Waals surface area (Å²) in [6, 6.07) is 6.10. The lowest BCUT2D eigenvalue weighted by molar-refractivity contribution is -0.915. The monoisotopic (exact) mass is 336 g/mol. The first-order valence-electron chi connectivity index (χ1n) is 9.23. The Balaban J connectivity index is 1.59. The van der Waals surface area contributed by atoms with Gasteiger partial charge in [0.1, 0.15) is 25.0 Å². The maximum atomic E-state index is 10.2. The Labute approximate surface area is 146 Å². The number of aliphatic hydroxyl groups excluding tert-OH is 1. The molecule has 1 aliphatic rings. The van der Waals surface area contributed by atoms with Gasteiger partial charge in [0.05, 0.1) is 26.3 Å². The van der Waals surface area contributed by atoms with E-state index in [1.54, 1.807) is 0 Å². The second-order valence-electron chi connectivity index (χ2n) is 7.63. The molecule has 1 saturated heterocycles. The SMILES string of the molecule is Cc1ccc(OCCOC[C@@H](O)C[NH+]2C[C@@H](C)C[C@H](C)C2)cc1C. The lowest BCUT2D eigenvalue weighted by Crippen LogP contribution is -3.15. The maximum Gasteiger partial charge on any atom is 0.126 e. The Morgan fingerprint density at radius 3 is 2.50 bits per heavy atom. The number of hydrogen-bond acceptors (Lipinski definition) is 3. The fraction of sp³-hybridized carbons (Fsp3) is 0.700. The molecule has 0 amide bonds. The van der Waals surface area contributed by atoms with Gasteiger partial charge < -0.3 is 19.5 Å². The average molecular weight is 336 g/mol. The summed E-state index contributed by atoms with van der Waals surface area (Å²) < 4.78 is 11.3. The topological polar surface area (TPSA) is 43.1 Å². The zero-order chi connectivity index (χ0) is 17.5. The van der Waals surface area contributed by atoms with E-state index in [0.29, 0.717) is 19.8 Å². The van der Waals surface area contributed by atoms with Gasteiger partial charge in [-0.1, -0.05) is 19.9 Å². The molecule has 136 valence electrons. The molecule has 0 aliphatic carbocycles. The molecule has 1 fully saturated rings. The van der Waals surface area contributed by atoms with Gasteiger partial charge in [-0.25, -0.2) is 0 Å². The number of rotatable bonds is 8. The molecule has 0 saturated carbocycles. The van der Waals surface area contributed by atoms with Gasteiger partial charge in [-0.3, -0.25) is 0 Å². The molecule has 1 aliphatic heterocycles. The number of ether oxygens (including phenoxy) is 2. The van der Waals surface area contributed by atoms with Crippen molar-refractivity contribution in [3.8, 4) is 5.75 Å². The number of likely N-dealkylation sites (tertiary alicyclic amines) is 1. The summed E-state index contributed by atoms with van der Waals surface area (Å²) in [6.07, 6.45) is 0.922. The highest BCUT2D eigenvalue weighted by atomic mass is 16.5. The number of nitrogens with one attached hydrogen (secondary N) is 1. The minimum atomic E-state index is -0.390. The predicted molar refractivity (Wildman–Crippen MR) is 96.7 cm³/mol. The fourth-order valence-electron chi connectivity index (χ4n) is 3.72. The van der Waals surface area contributed by atoms with E-state index in [1.807, 2.05) is 12.1 Å². The van der Waals surface area contributed by atoms with Crippen molar-refractivity contribution in [3.05, 3.63) is 29.3 Å². The largest absolute Gasteiger partial charge is 0.491 e. The molecule has 1 heterocycles. The van der Waals surface area contributed by atoms with Crippen LogP contribution in [0.2, 0.25) is 0 Å². The molecule has 2 N–H and O–H groups in total. The number of benzene rings is 1. The minimum Gasteiger partial charge on any atom is -0.491 e. The van der Waals surface area contributed by atoms with Crippen molar-refractivity contribution in [1.82, 2.24) is 0 Å². The third kappa shape index (κ3) is 6.42. The number of hydrogen-bond donors (Lipinski definition) is 2. The molecule has 0 radical (unpaired) electrons. The molecule has 0 spiro atoms. The molecular weight excluding hydrogens is 302 g/mol. The van der Waals surface area contributed by atoms with Crippen LogP contribution in [-0.2, 0) is 4.74 Å². The van der Waals surface area contributed by atoms with Crippen LogP contribution in [0.3, 0.4) is 0 Å². The highest BCUT2D eigenvalue weighted by Crippen LogP contribution is 2.16. The van der Waals surface area contributed by atoms with Crippen LogP contribution >= 0.6 is 0 Å². The van der Waals surface area contributed by atoms with E-state index in [0.717, 1.165) is 37.2 Å². The second kappa shape index (κ2) is 9.40. The Morgan fingerprint density at radius 1 is 1.12 bits per heavy atom. The zero-order valence-electron chi connectivity index (χ0n) is 15.7. The normalized spacial score (nSPS) is 25.5. The first-order chi connectivity index (χ1) is 11.4. The molecule has 0 aromatic heterocycles. The molecule has 4 nitrogen and oxygen atoms in total. The Hall–Kier alpha value is -1.10. The van der Waals surface area contributed by atoms with Crippen molar-refractivity contribution >= 4 is 0 Å². The van der Waals surface area contributed by atoms with E-state index >= 15 is 0 Å². The molecule has 1 aromatic rings. The van der Waals surface area contributed by atoms with Crippen molar-refractivity contribution in [2.24, 2.45) is 11.8 Å². The van der Waals surface area contributed by atoms with Crippen LogP contribution in [0.5, 0.6) is 5.75 Å². The van der Waals surface area contributed by atoms with Gasteiger partial charge in [0.2, 0.25) is 0 Å². The maximum absolute atomic E-state index is 10.2. The quantitative estimate of drug-likeness (QED) is 0.709. The second-order valence-corrected chi connectivity index (χ2v) is 7.63. The highest BCUT2D eigenvalue weighted by Gasteiger charge is 2.26. The zero-order valence-corrected chi connectivity index (χ0v) is 15.7. The third-order valence-electron chi connectivity index (χ3n) is 4.89. The van der Waals surface area contributed by atoms with Crippen LogP contribution in [0.25, 0.3) is 0 Å². The van der Waals surface area contributed by atoms with Gasteiger partial charge in [0, 0.05) is 11.8 Å². The van der Waals surface area contributed by atoms with Crippen molar-refractivity contribution in [2.45, 2.75) is 40.2 Å². The molecule has 2 rings (SSSR count). The Kier molecular flexibility index (Phi) is 7.53. The Morgan fingerprint density at radius 2 is 1.83 bits per heavy atom. The van der Waals surface area contributed by atoms with Crippen molar-refractivity contribution in [3.63, 3.8) is 0 Å². The predicted octanol–water partition coefficient (Wildman–Crippen LogP) is 1.62. The van der Waals surface area contributed by atoms with E-state index in [1.165, 1.54) is 22.4 Å². The van der Waals surface area contributed by atoms with Gasteiger partial charge in [-0.2, -0.15) is 0 Å². The van der Waals surface area contributed by atoms with E-state index in [4.69, 9.17) is 9.47 Å². The number of quaternary nitrogens is 1. The van der Waals surface area contributed by atoms with E-state index < -0.39 is 0 Å². The summed E-state index contributed by atoms with van der Waals surface area (Å²) in [6.45, 7) is 13.3. The lowest BCUT2D eigenvalue weighted by Gasteiger charge is -2.33. The van der Waals surface area contributed by atoms with Crippen LogP contribution < -0.4 is 9.64 Å². The van der Waals surface area contributed by atoms with Gasteiger partial charge >= 0.3 is 0 Å². The highest BCUT2D eigenvalue weighted by molar-refractivity contribution is 5.33. The smallest absolute Gasteiger partial charge is 0.126 e.